The first kappa shape index (κ1) is 21.3. The normalized spacial score (nSPS) is 14.8. The molecule has 7 nitrogen and oxygen atoms in total. The number of nitrogens with zero attached hydrogens (tertiary/aromatic N) is 2. The number of hydrogen-bond acceptors (Lipinski definition) is 5. The van der Waals surface area contributed by atoms with Crippen LogP contribution in [0, 0.1) is 0 Å². The Hall–Kier alpha value is -2.42. The van der Waals surface area contributed by atoms with Gasteiger partial charge < -0.3 is 9.47 Å². The zero-order valence-corrected chi connectivity index (χ0v) is 17.3. The lowest BCUT2D eigenvalue weighted by atomic mass is 10.2. The summed E-state index contributed by atoms with van der Waals surface area (Å²) in [6.07, 6.45) is 1.66. The lowest BCUT2D eigenvalue weighted by molar-refractivity contribution is -0.140. The molecule has 0 atom stereocenters. The topological polar surface area (TPSA) is 76.1 Å². The molecule has 156 valence electrons. The molecule has 0 bridgehead atoms. The summed E-state index contributed by atoms with van der Waals surface area (Å²) < 4.78 is 38.9. The Morgan fingerprint density at radius 2 is 1.66 bits per heavy atom. The van der Waals surface area contributed by atoms with Crippen molar-refractivity contribution in [1.82, 2.24) is 8.61 Å². The van der Waals surface area contributed by atoms with Crippen LogP contribution in [0.5, 0.6) is 5.75 Å². The number of ether oxygens (including phenoxy) is 2. The lowest BCUT2D eigenvalue weighted by Crippen LogP contribution is -2.44. The van der Waals surface area contributed by atoms with Gasteiger partial charge in [-0.15, -0.1) is 0 Å². The van der Waals surface area contributed by atoms with Gasteiger partial charge in [-0.1, -0.05) is 42.5 Å². The highest BCUT2D eigenvalue weighted by Gasteiger charge is 2.33. The van der Waals surface area contributed by atoms with E-state index in [2.05, 4.69) is 4.74 Å². The van der Waals surface area contributed by atoms with Crippen molar-refractivity contribution in [2.45, 2.75) is 26.0 Å². The monoisotopic (exact) mass is 418 g/mol. The third kappa shape index (κ3) is 5.79. The van der Waals surface area contributed by atoms with E-state index in [0.29, 0.717) is 25.4 Å². The van der Waals surface area contributed by atoms with Gasteiger partial charge in [0.25, 0.3) is 10.2 Å². The van der Waals surface area contributed by atoms with Crippen LogP contribution in [0.2, 0.25) is 0 Å². The van der Waals surface area contributed by atoms with E-state index >= 15 is 0 Å². The molecule has 8 heteroatoms. The van der Waals surface area contributed by atoms with Crippen LogP contribution >= 0.6 is 0 Å². The van der Waals surface area contributed by atoms with Crippen LogP contribution in [0.4, 0.5) is 0 Å². The third-order valence-corrected chi connectivity index (χ3v) is 6.71. The molecule has 1 saturated heterocycles. The minimum atomic E-state index is -3.73. The van der Waals surface area contributed by atoms with Gasteiger partial charge in [0.05, 0.1) is 7.11 Å². The zero-order valence-electron chi connectivity index (χ0n) is 16.5. The Bertz CT molecular complexity index is 894. The first-order valence-corrected chi connectivity index (χ1v) is 11.0. The van der Waals surface area contributed by atoms with E-state index in [4.69, 9.17) is 4.74 Å². The molecule has 0 N–H and O–H groups in total. The summed E-state index contributed by atoms with van der Waals surface area (Å²) in [6, 6.07) is 17.1. The highest BCUT2D eigenvalue weighted by molar-refractivity contribution is 7.86. The smallest absolute Gasteiger partial charge is 0.321 e. The van der Waals surface area contributed by atoms with Crippen LogP contribution < -0.4 is 4.74 Å². The van der Waals surface area contributed by atoms with Crippen molar-refractivity contribution in [2.24, 2.45) is 0 Å². The van der Waals surface area contributed by atoms with E-state index in [-0.39, 0.29) is 13.1 Å². The van der Waals surface area contributed by atoms with Crippen molar-refractivity contribution >= 4 is 16.2 Å². The largest absolute Gasteiger partial charge is 0.489 e. The quantitative estimate of drug-likeness (QED) is 0.585. The molecule has 2 aromatic rings. The Morgan fingerprint density at radius 3 is 2.28 bits per heavy atom. The summed E-state index contributed by atoms with van der Waals surface area (Å²) in [4.78, 5) is 11.8. The maximum absolute atomic E-state index is 12.9. The molecule has 1 heterocycles. The molecular formula is C21H26N2O5S. The standard InChI is InChI=1S/C21H26N2O5S/c1-27-21(24)16-23(29(25,26)22-13-5-6-14-22)15-18-9-11-20(12-10-18)28-17-19-7-3-2-4-8-19/h2-4,7-12H,5-6,13-17H2,1H3. The Labute approximate surface area is 172 Å². The second-order valence-corrected chi connectivity index (χ2v) is 8.80. The average Bonchev–Trinajstić information content (AvgIpc) is 3.29. The number of benzene rings is 2. The fourth-order valence-electron chi connectivity index (χ4n) is 3.15. The number of carbonyl (C=O) groups excluding carboxylic acids is 1. The van der Waals surface area contributed by atoms with Gasteiger partial charge in [0.1, 0.15) is 18.9 Å². The van der Waals surface area contributed by atoms with Crippen molar-refractivity contribution in [2.75, 3.05) is 26.7 Å². The van der Waals surface area contributed by atoms with Crippen LogP contribution in [0.25, 0.3) is 0 Å². The second kappa shape index (κ2) is 9.87. The summed E-state index contributed by atoms with van der Waals surface area (Å²) in [5.41, 5.74) is 1.83. The molecule has 0 aromatic heterocycles. The molecule has 0 unspecified atom stereocenters. The van der Waals surface area contributed by atoms with E-state index in [9.17, 15) is 13.2 Å². The summed E-state index contributed by atoms with van der Waals surface area (Å²) in [5, 5.41) is 0. The molecule has 0 radical (unpaired) electrons. The predicted molar refractivity (Wildman–Crippen MR) is 109 cm³/mol. The maximum Gasteiger partial charge on any atom is 0.321 e. The van der Waals surface area contributed by atoms with Crippen molar-refractivity contribution in [3.8, 4) is 5.75 Å². The van der Waals surface area contributed by atoms with Gasteiger partial charge in [-0.05, 0) is 36.1 Å². The molecule has 29 heavy (non-hydrogen) atoms. The van der Waals surface area contributed by atoms with E-state index < -0.39 is 16.2 Å². The van der Waals surface area contributed by atoms with Gasteiger partial charge in [-0.2, -0.15) is 17.0 Å². The minimum absolute atomic E-state index is 0.0902. The number of rotatable bonds is 9. The zero-order chi connectivity index (χ0) is 20.7. The van der Waals surface area contributed by atoms with Crippen molar-refractivity contribution in [3.05, 3.63) is 65.7 Å². The second-order valence-electron chi connectivity index (χ2n) is 6.88. The van der Waals surface area contributed by atoms with Crippen LogP contribution in [0.15, 0.2) is 54.6 Å². The molecule has 1 aliphatic heterocycles. The molecular weight excluding hydrogens is 392 g/mol. The molecule has 2 aromatic carbocycles. The Morgan fingerprint density at radius 1 is 1.00 bits per heavy atom. The van der Waals surface area contributed by atoms with Gasteiger partial charge >= 0.3 is 5.97 Å². The summed E-state index contributed by atoms with van der Waals surface area (Å²) in [5.74, 6) is 0.107. The van der Waals surface area contributed by atoms with E-state index in [1.165, 1.54) is 15.7 Å². The number of esters is 1. The fourth-order valence-corrected chi connectivity index (χ4v) is 4.77. The SMILES string of the molecule is COC(=O)CN(Cc1ccc(OCc2ccccc2)cc1)S(=O)(=O)N1CCCC1. The summed E-state index contributed by atoms with van der Waals surface area (Å²) in [7, 11) is -2.47. The number of hydrogen-bond donors (Lipinski definition) is 0. The lowest BCUT2D eigenvalue weighted by Gasteiger charge is -2.26. The molecule has 3 rings (SSSR count). The third-order valence-electron chi connectivity index (χ3n) is 4.78. The first-order valence-electron chi connectivity index (χ1n) is 9.57. The maximum atomic E-state index is 12.9. The Balaban J connectivity index is 1.67. The summed E-state index contributed by atoms with van der Waals surface area (Å²) >= 11 is 0. The molecule has 0 amide bonds. The first-order chi connectivity index (χ1) is 14.0. The highest BCUT2D eigenvalue weighted by atomic mass is 32.2. The number of methoxy groups -OCH3 is 1. The molecule has 0 aliphatic carbocycles. The van der Waals surface area contributed by atoms with Crippen LogP contribution in [0.1, 0.15) is 24.0 Å². The van der Waals surface area contributed by atoms with Crippen LogP contribution in [-0.4, -0.2) is 49.7 Å². The predicted octanol–water partition coefficient (Wildman–Crippen LogP) is 2.58. The van der Waals surface area contributed by atoms with Gasteiger partial charge in [-0.3, -0.25) is 4.79 Å². The molecule has 1 aliphatic rings. The van der Waals surface area contributed by atoms with E-state index in [1.54, 1.807) is 12.1 Å². The van der Waals surface area contributed by atoms with Gasteiger partial charge in [0.2, 0.25) is 0 Å². The number of carbonyl (C=O) groups is 1. The van der Waals surface area contributed by atoms with Crippen molar-refractivity contribution < 1.29 is 22.7 Å². The fraction of sp³-hybridized carbons (Fsp3) is 0.381. The molecule has 0 spiro atoms. The minimum Gasteiger partial charge on any atom is -0.489 e. The van der Waals surface area contributed by atoms with Gasteiger partial charge in [-0.25, -0.2) is 0 Å². The summed E-state index contributed by atoms with van der Waals surface area (Å²) in [6.45, 7) is 1.19. The van der Waals surface area contributed by atoms with Crippen LogP contribution in [-0.2, 0) is 32.9 Å². The van der Waals surface area contributed by atoms with Crippen LogP contribution in [0.3, 0.4) is 0 Å². The van der Waals surface area contributed by atoms with E-state index in [1.807, 2.05) is 42.5 Å². The van der Waals surface area contributed by atoms with Crippen molar-refractivity contribution in [3.63, 3.8) is 0 Å². The molecule has 0 saturated carbocycles. The Kier molecular flexibility index (Phi) is 7.24. The van der Waals surface area contributed by atoms with Gasteiger partial charge in [0, 0.05) is 19.6 Å². The van der Waals surface area contributed by atoms with Crippen molar-refractivity contribution in [1.29, 1.82) is 0 Å². The highest BCUT2D eigenvalue weighted by Crippen LogP contribution is 2.20. The molecule has 1 fully saturated rings. The van der Waals surface area contributed by atoms with Gasteiger partial charge in [0.15, 0.2) is 0 Å². The van der Waals surface area contributed by atoms with E-state index in [0.717, 1.165) is 24.0 Å². The average molecular weight is 419 g/mol.